The molecule has 0 bridgehead atoms. The molecule has 2 heteroatoms. The van der Waals surface area contributed by atoms with Crippen LogP contribution in [0.1, 0.15) is 70.9 Å². The molecule has 0 spiro atoms. The van der Waals surface area contributed by atoms with Crippen LogP contribution in [0.5, 0.6) is 0 Å². The standard InChI is InChI=1S/C11H13I.C11H15N/c2*1-7-3-6-10(9-4-5-9)8(2)11(7)12/h3,6,9H,4-5H2,1-2H3;3,6,9H,4-5,12H2,1-2H3. The van der Waals surface area contributed by atoms with Crippen LogP contribution in [0.15, 0.2) is 24.3 Å². The molecule has 2 aromatic carbocycles. The maximum atomic E-state index is 5.95. The van der Waals surface area contributed by atoms with E-state index in [-0.39, 0.29) is 0 Å². The van der Waals surface area contributed by atoms with Crippen molar-refractivity contribution in [2.45, 2.75) is 65.2 Å². The van der Waals surface area contributed by atoms with Gasteiger partial charge in [0.2, 0.25) is 0 Å². The van der Waals surface area contributed by atoms with Crippen LogP contribution in [0.3, 0.4) is 0 Å². The number of hydrogen-bond acceptors (Lipinski definition) is 1. The van der Waals surface area contributed by atoms with Crippen molar-refractivity contribution in [2.24, 2.45) is 0 Å². The summed E-state index contributed by atoms with van der Waals surface area (Å²) in [6, 6.07) is 8.93. The van der Waals surface area contributed by atoms with Gasteiger partial charge in [0.1, 0.15) is 0 Å². The zero-order valence-corrected chi connectivity index (χ0v) is 17.4. The summed E-state index contributed by atoms with van der Waals surface area (Å²) in [4.78, 5) is 0. The van der Waals surface area contributed by atoms with Crippen molar-refractivity contribution in [3.05, 3.63) is 61.2 Å². The third kappa shape index (κ3) is 3.79. The lowest BCUT2D eigenvalue weighted by atomic mass is 10.00. The van der Waals surface area contributed by atoms with Gasteiger partial charge in [-0.1, -0.05) is 24.3 Å². The second-order valence-electron chi connectivity index (χ2n) is 7.47. The molecule has 0 amide bonds. The molecule has 2 aliphatic rings. The zero-order chi connectivity index (χ0) is 17.4. The average molecular weight is 433 g/mol. The summed E-state index contributed by atoms with van der Waals surface area (Å²) >= 11 is 2.46. The van der Waals surface area contributed by atoms with E-state index in [1.165, 1.54) is 57.1 Å². The molecule has 128 valence electrons. The lowest BCUT2D eigenvalue weighted by Crippen LogP contribution is -1.97. The summed E-state index contributed by atoms with van der Waals surface area (Å²) in [6.45, 7) is 8.64. The van der Waals surface area contributed by atoms with E-state index >= 15 is 0 Å². The Balaban J connectivity index is 0.000000141. The van der Waals surface area contributed by atoms with E-state index in [0.29, 0.717) is 0 Å². The molecular formula is C22H28IN. The van der Waals surface area contributed by atoms with E-state index < -0.39 is 0 Å². The molecule has 4 rings (SSSR count). The zero-order valence-electron chi connectivity index (χ0n) is 15.2. The Morgan fingerprint density at radius 1 is 0.750 bits per heavy atom. The lowest BCUT2D eigenvalue weighted by Gasteiger charge is -2.09. The molecule has 0 heterocycles. The third-order valence-corrected chi connectivity index (χ3v) is 7.09. The van der Waals surface area contributed by atoms with Gasteiger partial charge in [0.05, 0.1) is 0 Å². The highest BCUT2D eigenvalue weighted by Crippen LogP contribution is 2.43. The molecule has 0 radical (unpaired) electrons. The van der Waals surface area contributed by atoms with Gasteiger partial charge in [-0.25, -0.2) is 0 Å². The Bertz CT molecular complexity index is 690. The van der Waals surface area contributed by atoms with E-state index in [0.717, 1.165) is 17.5 Å². The maximum Gasteiger partial charge on any atom is 0.0376 e. The summed E-state index contributed by atoms with van der Waals surface area (Å²) < 4.78 is 1.46. The van der Waals surface area contributed by atoms with E-state index in [1.807, 2.05) is 0 Å². The SMILES string of the molecule is Cc1ccc(C2CC2)c(C)c1I.Cc1ccc(C2CC2)c(C)c1N. The number of rotatable bonds is 2. The molecule has 2 saturated carbocycles. The molecule has 2 N–H and O–H groups in total. The molecule has 0 unspecified atom stereocenters. The third-order valence-electron chi connectivity index (χ3n) is 5.43. The van der Waals surface area contributed by atoms with Crippen LogP contribution in [0.4, 0.5) is 5.69 Å². The lowest BCUT2D eigenvalue weighted by molar-refractivity contribution is 1.08. The van der Waals surface area contributed by atoms with Crippen molar-refractivity contribution in [3.63, 3.8) is 0 Å². The Morgan fingerprint density at radius 3 is 1.71 bits per heavy atom. The fourth-order valence-electron chi connectivity index (χ4n) is 3.39. The fraction of sp³-hybridized carbons (Fsp3) is 0.455. The molecule has 0 atom stereocenters. The van der Waals surface area contributed by atoms with Gasteiger partial charge < -0.3 is 5.73 Å². The van der Waals surface area contributed by atoms with Gasteiger partial charge in [-0.2, -0.15) is 0 Å². The molecule has 2 fully saturated rings. The van der Waals surface area contributed by atoms with Crippen molar-refractivity contribution >= 4 is 28.3 Å². The molecular weight excluding hydrogens is 405 g/mol. The average Bonchev–Trinajstić information content (AvgIpc) is 3.43. The second-order valence-corrected chi connectivity index (χ2v) is 8.55. The van der Waals surface area contributed by atoms with Crippen molar-refractivity contribution in [1.29, 1.82) is 0 Å². The van der Waals surface area contributed by atoms with Gasteiger partial charge in [-0.3, -0.25) is 0 Å². The smallest absolute Gasteiger partial charge is 0.0376 e. The monoisotopic (exact) mass is 433 g/mol. The van der Waals surface area contributed by atoms with Gasteiger partial charge in [0.15, 0.2) is 0 Å². The maximum absolute atomic E-state index is 5.95. The number of halogens is 1. The normalized spacial score (nSPS) is 16.5. The number of nitrogen functional groups attached to an aromatic ring is 1. The minimum Gasteiger partial charge on any atom is -0.398 e. The molecule has 24 heavy (non-hydrogen) atoms. The quantitative estimate of drug-likeness (QED) is 0.422. The number of nitrogens with two attached hydrogens (primary N) is 1. The summed E-state index contributed by atoms with van der Waals surface area (Å²) in [6.07, 6.45) is 5.51. The predicted molar refractivity (Wildman–Crippen MR) is 113 cm³/mol. The number of aryl methyl sites for hydroxylation is 2. The number of hydrogen-bond donors (Lipinski definition) is 1. The van der Waals surface area contributed by atoms with Gasteiger partial charge in [0, 0.05) is 9.26 Å². The van der Waals surface area contributed by atoms with Crippen LogP contribution in [0.2, 0.25) is 0 Å². The second kappa shape index (κ2) is 7.07. The Hall–Kier alpha value is -1.03. The first kappa shape index (κ1) is 17.8. The molecule has 0 saturated heterocycles. The minimum absolute atomic E-state index is 0.813. The molecule has 0 aliphatic heterocycles. The highest BCUT2D eigenvalue weighted by molar-refractivity contribution is 14.1. The first-order valence-electron chi connectivity index (χ1n) is 9.01. The van der Waals surface area contributed by atoms with Crippen molar-refractivity contribution < 1.29 is 0 Å². The number of anilines is 1. The minimum atomic E-state index is 0.813. The molecule has 2 aromatic rings. The van der Waals surface area contributed by atoms with Crippen molar-refractivity contribution in [2.75, 3.05) is 5.73 Å². The van der Waals surface area contributed by atoms with E-state index in [9.17, 15) is 0 Å². The Morgan fingerprint density at radius 2 is 1.21 bits per heavy atom. The summed E-state index contributed by atoms with van der Waals surface area (Å²) in [5.41, 5.74) is 15.4. The largest absolute Gasteiger partial charge is 0.398 e. The Labute approximate surface area is 160 Å². The van der Waals surface area contributed by atoms with Crippen LogP contribution in [-0.4, -0.2) is 0 Å². The van der Waals surface area contributed by atoms with E-state index in [2.05, 4.69) is 74.6 Å². The van der Waals surface area contributed by atoms with E-state index in [4.69, 9.17) is 5.73 Å². The first-order chi connectivity index (χ1) is 11.4. The van der Waals surface area contributed by atoms with E-state index in [1.54, 1.807) is 5.56 Å². The molecule has 0 aromatic heterocycles. The summed E-state index contributed by atoms with van der Waals surface area (Å²) in [5, 5.41) is 0. The predicted octanol–water partition coefficient (Wildman–Crippen LogP) is 6.55. The van der Waals surface area contributed by atoms with Crippen LogP contribution < -0.4 is 5.73 Å². The summed E-state index contributed by atoms with van der Waals surface area (Å²) in [7, 11) is 0. The molecule has 2 aliphatic carbocycles. The topological polar surface area (TPSA) is 26.0 Å². The Kier molecular flexibility index (Phi) is 5.24. The van der Waals surface area contributed by atoms with Crippen LogP contribution in [0.25, 0.3) is 0 Å². The highest BCUT2D eigenvalue weighted by atomic mass is 127. The summed E-state index contributed by atoms with van der Waals surface area (Å²) in [5.74, 6) is 1.70. The van der Waals surface area contributed by atoms with Crippen LogP contribution >= 0.6 is 22.6 Å². The van der Waals surface area contributed by atoms with Crippen molar-refractivity contribution in [3.8, 4) is 0 Å². The van der Waals surface area contributed by atoms with Gasteiger partial charge in [-0.15, -0.1) is 0 Å². The van der Waals surface area contributed by atoms with Gasteiger partial charge in [0.25, 0.3) is 0 Å². The van der Waals surface area contributed by atoms with Crippen molar-refractivity contribution in [1.82, 2.24) is 0 Å². The van der Waals surface area contributed by atoms with Crippen LogP contribution in [0, 0.1) is 31.3 Å². The molecule has 1 nitrogen and oxygen atoms in total. The van der Waals surface area contributed by atoms with Gasteiger partial charge >= 0.3 is 0 Å². The fourth-order valence-corrected chi connectivity index (χ4v) is 3.88. The number of benzene rings is 2. The first-order valence-corrected chi connectivity index (χ1v) is 10.1. The van der Waals surface area contributed by atoms with Gasteiger partial charge in [-0.05, 0) is 121 Å². The highest BCUT2D eigenvalue weighted by Gasteiger charge is 2.26. The van der Waals surface area contributed by atoms with Crippen LogP contribution in [-0.2, 0) is 0 Å².